The summed E-state index contributed by atoms with van der Waals surface area (Å²) in [7, 11) is 0. The molecule has 0 aliphatic carbocycles. The normalized spacial score (nSPS) is 14.1. The van der Waals surface area contributed by atoms with E-state index in [4.69, 9.17) is 17.3 Å². The van der Waals surface area contributed by atoms with Gasteiger partial charge in [0.2, 0.25) is 6.17 Å². The Morgan fingerprint density at radius 3 is 2.78 bits per heavy atom. The zero-order valence-corrected chi connectivity index (χ0v) is 10.2. The number of rotatable bonds is 4. The molecule has 2 atom stereocenters. The minimum atomic E-state index is -2.29. The molecule has 18 heavy (non-hydrogen) atoms. The quantitative estimate of drug-likeness (QED) is 0.828. The highest BCUT2D eigenvalue weighted by Gasteiger charge is 2.32. The van der Waals surface area contributed by atoms with E-state index < -0.39 is 35.3 Å². The fourth-order valence-electron chi connectivity index (χ4n) is 1.39. The van der Waals surface area contributed by atoms with Gasteiger partial charge < -0.3 is 15.6 Å². The smallest absolute Gasteiger partial charge is 0.342 e. The summed E-state index contributed by atoms with van der Waals surface area (Å²) in [4.78, 5) is 11.2. The van der Waals surface area contributed by atoms with Gasteiger partial charge in [-0.2, -0.15) is 0 Å². The summed E-state index contributed by atoms with van der Waals surface area (Å²) in [6, 6.07) is 0.331. The van der Waals surface area contributed by atoms with Gasteiger partial charge >= 0.3 is 5.97 Å². The van der Waals surface area contributed by atoms with Crippen molar-refractivity contribution in [2.45, 2.75) is 19.1 Å². The molecule has 3 N–H and O–H groups in total. The van der Waals surface area contributed by atoms with Gasteiger partial charge in [-0.05, 0) is 19.1 Å². The van der Waals surface area contributed by atoms with Crippen LogP contribution in [0.3, 0.4) is 0 Å². The Hall–Kier alpha value is -1.40. The first-order chi connectivity index (χ1) is 8.40. The maximum Gasteiger partial charge on any atom is 0.342 e. The van der Waals surface area contributed by atoms with Crippen molar-refractivity contribution in [3.63, 3.8) is 0 Å². The maximum absolute atomic E-state index is 13.6. The number of carbonyl (C=O) groups is 1. The highest BCUT2D eigenvalue weighted by Crippen LogP contribution is 2.34. The van der Waals surface area contributed by atoms with Crippen LogP contribution in [-0.4, -0.2) is 23.9 Å². The lowest BCUT2D eigenvalue weighted by molar-refractivity contribution is -0.149. The number of hydrogen-bond donors (Lipinski definition) is 2. The largest absolute Gasteiger partial charge is 0.506 e. The molecule has 0 fully saturated rings. The molecule has 1 unspecified atom stereocenters. The Kier molecular flexibility index (Phi) is 4.86. The number of halogens is 3. The van der Waals surface area contributed by atoms with Crippen molar-refractivity contribution in [3.8, 4) is 5.75 Å². The lowest BCUT2D eigenvalue weighted by atomic mass is 10.0. The third kappa shape index (κ3) is 2.88. The summed E-state index contributed by atoms with van der Waals surface area (Å²) < 4.78 is 31.5. The SMILES string of the molecule is CCOC(=O)C(F)[C@H](N)c1c(F)ccc(Cl)c1O. The molecule has 0 bridgehead atoms. The molecular weight excluding hydrogens is 268 g/mol. The minimum absolute atomic E-state index is 0.0318. The predicted molar refractivity (Wildman–Crippen MR) is 61.5 cm³/mol. The Labute approximate surface area is 107 Å². The second kappa shape index (κ2) is 5.97. The van der Waals surface area contributed by atoms with Crippen molar-refractivity contribution in [1.29, 1.82) is 0 Å². The number of esters is 1. The monoisotopic (exact) mass is 279 g/mol. The van der Waals surface area contributed by atoms with E-state index in [1.807, 2.05) is 0 Å². The van der Waals surface area contributed by atoms with E-state index >= 15 is 0 Å². The second-order valence-electron chi connectivity index (χ2n) is 3.47. The van der Waals surface area contributed by atoms with Gasteiger partial charge in [0.1, 0.15) is 11.6 Å². The number of carbonyl (C=O) groups excluding carboxylic acids is 1. The van der Waals surface area contributed by atoms with Gasteiger partial charge in [-0.3, -0.25) is 0 Å². The molecular formula is C11H12ClF2NO3. The van der Waals surface area contributed by atoms with E-state index in [0.717, 1.165) is 12.1 Å². The number of phenolic OH excluding ortho intramolecular Hbond substituents is 1. The molecule has 1 rings (SSSR count). The van der Waals surface area contributed by atoms with E-state index in [0.29, 0.717) is 0 Å². The third-order valence-electron chi connectivity index (χ3n) is 2.28. The Morgan fingerprint density at radius 2 is 2.22 bits per heavy atom. The number of phenols is 1. The van der Waals surface area contributed by atoms with Crippen LogP contribution in [0.2, 0.25) is 5.02 Å². The molecule has 0 radical (unpaired) electrons. The van der Waals surface area contributed by atoms with Gasteiger partial charge in [0.05, 0.1) is 23.2 Å². The highest BCUT2D eigenvalue weighted by molar-refractivity contribution is 6.32. The van der Waals surface area contributed by atoms with E-state index in [-0.39, 0.29) is 11.6 Å². The van der Waals surface area contributed by atoms with Crippen molar-refractivity contribution in [3.05, 3.63) is 28.5 Å². The molecule has 0 aromatic heterocycles. The van der Waals surface area contributed by atoms with Gasteiger partial charge in [-0.1, -0.05) is 11.6 Å². The molecule has 0 aliphatic rings. The highest BCUT2D eigenvalue weighted by atomic mass is 35.5. The van der Waals surface area contributed by atoms with Crippen molar-refractivity contribution >= 4 is 17.6 Å². The topological polar surface area (TPSA) is 72.5 Å². The Morgan fingerprint density at radius 1 is 1.61 bits per heavy atom. The summed E-state index contributed by atoms with van der Waals surface area (Å²) >= 11 is 5.56. The van der Waals surface area contributed by atoms with Gasteiger partial charge in [0, 0.05) is 0 Å². The summed E-state index contributed by atoms with van der Waals surface area (Å²) in [6.45, 7) is 1.46. The van der Waals surface area contributed by atoms with Crippen LogP contribution >= 0.6 is 11.6 Å². The van der Waals surface area contributed by atoms with Crippen molar-refractivity contribution in [2.24, 2.45) is 5.73 Å². The number of nitrogens with two attached hydrogens (primary N) is 1. The van der Waals surface area contributed by atoms with Crippen LogP contribution in [0.5, 0.6) is 5.75 Å². The van der Waals surface area contributed by atoms with Crippen LogP contribution < -0.4 is 5.73 Å². The zero-order chi connectivity index (χ0) is 13.9. The fourth-order valence-corrected chi connectivity index (χ4v) is 1.55. The molecule has 1 aromatic rings. The molecule has 0 aliphatic heterocycles. The molecule has 0 spiro atoms. The van der Waals surface area contributed by atoms with Crippen molar-refractivity contribution in [1.82, 2.24) is 0 Å². The van der Waals surface area contributed by atoms with Crippen LogP contribution in [0.1, 0.15) is 18.5 Å². The van der Waals surface area contributed by atoms with Gasteiger partial charge in [0.25, 0.3) is 0 Å². The predicted octanol–water partition coefficient (Wildman–Crippen LogP) is 2.09. The number of benzene rings is 1. The fraction of sp³-hybridized carbons (Fsp3) is 0.364. The number of aromatic hydroxyl groups is 1. The standard InChI is InChI=1S/C11H12ClF2NO3/c1-2-18-11(17)8(14)9(15)7-6(13)4-3-5(12)10(7)16/h3-4,8-9,16H,2,15H2,1H3/t8?,9-/m1/s1. The van der Waals surface area contributed by atoms with Crippen LogP contribution in [0.15, 0.2) is 12.1 Å². The number of ether oxygens (including phenoxy) is 1. The lowest BCUT2D eigenvalue weighted by Crippen LogP contribution is -2.32. The molecule has 0 amide bonds. The molecule has 0 saturated heterocycles. The third-order valence-corrected chi connectivity index (χ3v) is 2.58. The van der Waals surface area contributed by atoms with Crippen LogP contribution in [0, 0.1) is 5.82 Å². The summed E-state index contributed by atoms with van der Waals surface area (Å²) in [5.74, 6) is -2.85. The average molecular weight is 280 g/mol. The van der Waals surface area contributed by atoms with Gasteiger partial charge in [-0.25, -0.2) is 13.6 Å². The van der Waals surface area contributed by atoms with E-state index in [2.05, 4.69) is 4.74 Å². The number of hydrogen-bond acceptors (Lipinski definition) is 4. The lowest BCUT2D eigenvalue weighted by Gasteiger charge is -2.18. The summed E-state index contributed by atoms with van der Waals surface area (Å²) in [6.07, 6.45) is -2.29. The molecule has 4 nitrogen and oxygen atoms in total. The van der Waals surface area contributed by atoms with E-state index in [1.165, 1.54) is 6.92 Å². The molecule has 7 heteroatoms. The van der Waals surface area contributed by atoms with Gasteiger partial charge in [-0.15, -0.1) is 0 Å². The average Bonchev–Trinajstić information content (AvgIpc) is 2.33. The summed E-state index contributed by atoms with van der Waals surface area (Å²) in [5.41, 5.74) is 4.85. The molecule has 1 aromatic carbocycles. The van der Waals surface area contributed by atoms with E-state index in [9.17, 15) is 18.7 Å². The Balaban J connectivity index is 3.07. The van der Waals surface area contributed by atoms with Crippen LogP contribution in [0.4, 0.5) is 8.78 Å². The molecule has 100 valence electrons. The zero-order valence-electron chi connectivity index (χ0n) is 9.49. The second-order valence-corrected chi connectivity index (χ2v) is 3.88. The molecule has 0 saturated carbocycles. The van der Waals surface area contributed by atoms with Crippen molar-refractivity contribution in [2.75, 3.05) is 6.61 Å². The minimum Gasteiger partial charge on any atom is -0.506 e. The first kappa shape index (κ1) is 14.7. The molecule has 0 heterocycles. The summed E-state index contributed by atoms with van der Waals surface area (Å²) in [5, 5.41) is 9.36. The first-order valence-electron chi connectivity index (χ1n) is 5.13. The maximum atomic E-state index is 13.6. The van der Waals surface area contributed by atoms with Gasteiger partial charge in [0.15, 0.2) is 0 Å². The van der Waals surface area contributed by atoms with Crippen LogP contribution in [-0.2, 0) is 9.53 Å². The first-order valence-corrected chi connectivity index (χ1v) is 5.51. The van der Waals surface area contributed by atoms with E-state index in [1.54, 1.807) is 0 Å². The van der Waals surface area contributed by atoms with Crippen molar-refractivity contribution < 1.29 is 23.4 Å². The van der Waals surface area contributed by atoms with Crippen LogP contribution in [0.25, 0.3) is 0 Å². The number of alkyl halides is 1. The Bertz CT molecular complexity index is 456.